The van der Waals surface area contributed by atoms with Crippen molar-refractivity contribution < 1.29 is 9.53 Å². The molecule has 0 aliphatic carbocycles. The molecule has 104 valence electrons. The molecular weight excluding hydrogens is 240 g/mol. The lowest BCUT2D eigenvalue weighted by molar-refractivity contribution is -0.150. The highest BCUT2D eigenvalue weighted by Crippen LogP contribution is 2.27. The van der Waals surface area contributed by atoms with E-state index in [0.717, 1.165) is 24.0 Å². The third-order valence-corrected chi connectivity index (χ3v) is 3.66. The molecule has 0 spiro atoms. The number of hydrogen-bond donors (Lipinski definition) is 1. The molecule has 1 amide bonds. The van der Waals surface area contributed by atoms with Gasteiger partial charge in [-0.3, -0.25) is 4.79 Å². The van der Waals surface area contributed by atoms with Crippen LogP contribution in [0.1, 0.15) is 30.9 Å². The molecule has 2 rings (SSSR count). The van der Waals surface area contributed by atoms with Gasteiger partial charge in [-0.05, 0) is 30.9 Å². The second kappa shape index (κ2) is 5.72. The van der Waals surface area contributed by atoms with Crippen molar-refractivity contribution in [2.45, 2.75) is 38.5 Å². The quantitative estimate of drug-likeness (QED) is 0.898. The first-order chi connectivity index (χ1) is 9.05. The number of nitrogens with two attached hydrogens (primary N) is 1. The first-order valence-corrected chi connectivity index (χ1v) is 6.72. The zero-order valence-corrected chi connectivity index (χ0v) is 11.7. The van der Waals surface area contributed by atoms with Gasteiger partial charge in [0.1, 0.15) is 5.60 Å². The van der Waals surface area contributed by atoms with Gasteiger partial charge in [-0.15, -0.1) is 0 Å². The van der Waals surface area contributed by atoms with Crippen molar-refractivity contribution in [1.29, 1.82) is 0 Å². The standard InChI is InChI=1S/C15H22N2O2/c1-15(7-4-8-19-15)14(18)17(2)11-13-6-3-5-12(9-13)10-16/h3,5-6,9H,4,7-8,10-11,16H2,1-2H3. The van der Waals surface area contributed by atoms with Crippen LogP contribution in [0.4, 0.5) is 0 Å². The molecule has 4 heteroatoms. The van der Waals surface area contributed by atoms with Gasteiger partial charge in [0.2, 0.25) is 0 Å². The van der Waals surface area contributed by atoms with Gasteiger partial charge < -0.3 is 15.4 Å². The molecule has 4 nitrogen and oxygen atoms in total. The van der Waals surface area contributed by atoms with Crippen LogP contribution in [0.5, 0.6) is 0 Å². The predicted octanol–water partition coefficient (Wildman–Crippen LogP) is 1.67. The first-order valence-electron chi connectivity index (χ1n) is 6.72. The van der Waals surface area contributed by atoms with Crippen molar-refractivity contribution in [2.75, 3.05) is 13.7 Å². The van der Waals surface area contributed by atoms with Crippen molar-refractivity contribution in [3.05, 3.63) is 35.4 Å². The second-order valence-electron chi connectivity index (χ2n) is 5.37. The number of amides is 1. The van der Waals surface area contributed by atoms with Crippen LogP contribution in [-0.2, 0) is 22.6 Å². The second-order valence-corrected chi connectivity index (χ2v) is 5.37. The van der Waals surface area contributed by atoms with E-state index in [1.165, 1.54) is 0 Å². The lowest BCUT2D eigenvalue weighted by atomic mass is 10.0. The smallest absolute Gasteiger partial charge is 0.254 e. The zero-order valence-electron chi connectivity index (χ0n) is 11.7. The normalized spacial score (nSPS) is 22.5. The van der Waals surface area contributed by atoms with E-state index in [2.05, 4.69) is 0 Å². The van der Waals surface area contributed by atoms with E-state index in [-0.39, 0.29) is 5.91 Å². The summed E-state index contributed by atoms with van der Waals surface area (Å²) in [6.45, 7) is 3.67. The minimum atomic E-state index is -0.639. The van der Waals surface area contributed by atoms with E-state index in [9.17, 15) is 4.79 Å². The van der Waals surface area contributed by atoms with E-state index in [0.29, 0.717) is 19.7 Å². The van der Waals surface area contributed by atoms with Gasteiger partial charge in [0.25, 0.3) is 5.91 Å². The number of ether oxygens (including phenoxy) is 1. The Labute approximate surface area is 114 Å². The van der Waals surface area contributed by atoms with Crippen molar-refractivity contribution in [1.82, 2.24) is 4.90 Å². The summed E-state index contributed by atoms with van der Waals surface area (Å²) in [5, 5.41) is 0. The maximum absolute atomic E-state index is 12.4. The van der Waals surface area contributed by atoms with Gasteiger partial charge in [0.05, 0.1) is 0 Å². The Bertz CT molecular complexity index is 453. The number of likely N-dealkylation sites (N-methyl/N-ethyl adjacent to an activating group) is 1. The minimum Gasteiger partial charge on any atom is -0.365 e. The van der Waals surface area contributed by atoms with Crippen LogP contribution >= 0.6 is 0 Å². The molecule has 1 saturated heterocycles. The average molecular weight is 262 g/mol. The fourth-order valence-corrected chi connectivity index (χ4v) is 2.55. The van der Waals surface area contributed by atoms with Crippen molar-refractivity contribution in [2.24, 2.45) is 5.73 Å². The molecule has 1 atom stereocenters. The van der Waals surface area contributed by atoms with E-state index in [1.54, 1.807) is 4.90 Å². The van der Waals surface area contributed by atoms with Crippen LogP contribution in [0.25, 0.3) is 0 Å². The molecule has 1 aliphatic heterocycles. The number of rotatable bonds is 4. The highest BCUT2D eigenvalue weighted by Gasteiger charge is 2.39. The fourth-order valence-electron chi connectivity index (χ4n) is 2.55. The van der Waals surface area contributed by atoms with Gasteiger partial charge in [-0.2, -0.15) is 0 Å². The molecule has 1 aliphatic rings. The van der Waals surface area contributed by atoms with Crippen LogP contribution in [0.3, 0.4) is 0 Å². The molecule has 1 unspecified atom stereocenters. The summed E-state index contributed by atoms with van der Waals surface area (Å²) in [4.78, 5) is 14.1. The Hall–Kier alpha value is -1.39. The molecule has 19 heavy (non-hydrogen) atoms. The van der Waals surface area contributed by atoms with Gasteiger partial charge in [-0.25, -0.2) is 0 Å². The number of carbonyl (C=O) groups is 1. The highest BCUT2D eigenvalue weighted by atomic mass is 16.5. The first kappa shape index (κ1) is 14.0. The van der Waals surface area contributed by atoms with Gasteiger partial charge in [0, 0.05) is 26.7 Å². The maximum Gasteiger partial charge on any atom is 0.254 e. The Morgan fingerprint density at radius 3 is 2.84 bits per heavy atom. The Kier molecular flexibility index (Phi) is 4.22. The maximum atomic E-state index is 12.4. The van der Waals surface area contributed by atoms with Crippen LogP contribution < -0.4 is 5.73 Å². The molecule has 1 aromatic rings. The largest absolute Gasteiger partial charge is 0.365 e. The van der Waals surface area contributed by atoms with E-state index in [1.807, 2.05) is 38.2 Å². The topological polar surface area (TPSA) is 55.6 Å². The van der Waals surface area contributed by atoms with Gasteiger partial charge in [-0.1, -0.05) is 24.3 Å². The average Bonchev–Trinajstić information content (AvgIpc) is 2.86. The van der Waals surface area contributed by atoms with Crippen LogP contribution in [-0.4, -0.2) is 30.1 Å². The Morgan fingerprint density at radius 1 is 1.47 bits per heavy atom. The molecule has 0 aromatic heterocycles. The predicted molar refractivity (Wildman–Crippen MR) is 74.4 cm³/mol. The Morgan fingerprint density at radius 2 is 2.21 bits per heavy atom. The van der Waals surface area contributed by atoms with E-state index < -0.39 is 5.60 Å². The third-order valence-electron chi connectivity index (χ3n) is 3.66. The summed E-state index contributed by atoms with van der Waals surface area (Å²) >= 11 is 0. The SMILES string of the molecule is CN(Cc1cccc(CN)c1)C(=O)C1(C)CCCO1. The molecule has 0 saturated carbocycles. The lowest BCUT2D eigenvalue weighted by Gasteiger charge is -2.28. The van der Waals surface area contributed by atoms with Crippen molar-refractivity contribution in [3.63, 3.8) is 0 Å². The van der Waals surface area contributed by atoms with Crippen LogP contribution in [0, 0.1) is 0 Å². The van der Waals surface area contributed by atoms with E-state index in [4.69, 9.17) is 10.5 Å². The highest BCUT2D eigenvalue weighted by molar-refractivity contribution is 5.84. The molecule has 0 bridgehead atoms. The molecule has 1 aromatic carbocycles. The third kappa shape index (κ3) is 3.14. The van der Waals surface area contributed by atoms with Gasteiger partial charge in [0.15, 0.2) is 0 Å². The summed E-state index contributed by atoms with van der Waals surface area (Å²) in [7, 11) is 1.82. The molecule has 1 fully saturated rings. The van der Waals surface area contributed by atoms with Crippen LogP contribution in [0.15, 0.2) is 24.3 Å². The monoisotopic (exact) mass is 262 g/mol. The molecule has 0 radical (unpaired) electrons. The summed E-state index contributed by atoms with van der Waals surface area (Å²) in [6, 6.07) is 8.03. The molecule has 1 heterocycles. The number of carbonyl (C=O) groups excluding carboxylic acids is 1. The van der Waals surface area contributed by atoms with E-state index >= 15 is 0 Å². The van der Waals surface area contributed by atoms with Gasteiger partial charge >= 0.3 is 0 Å². The zero-order chi connectivity index (χ0) is 13.9. The fraction of sp³-hybridized carbons (Fsp3) is 0.533. The lowest BCUT2D eigenvalue weighted by Crippen LogP contribution is -2.44. The number of benzene rings is 1. The summed E-state index contributed by atoms with van der Waals surface area (Å²) < 4.78 is 5.59. The number of nitrogens with zero attached hydrogens (tertiary/aromatic N) is 1. The minimum absolute atomic E-state index is 0.0585. The summed E-state index contributed by atoms with van der Waals surface area (Å²) in [5.74, 6) is 0.0585. The Balaban J connectivity index is 2.03. The summed E-state index contributed by atoms with van der Waals surface area (Å²) in [6.07, 6.45) is 1.76. The van der Waals surface area contributed by atoms with Crippen LogP contribution in [0.2, 0.25) is 0 Å². The molecule has 2 N–H and O–H groups in total. The molecular formula is C15H22N2O2. The van der Waals surface area contributed by atoms with Crippen molar-refractivity contribution in [3.8, 4) is 0 Å². The summed E-state index contributed by atoms with van der Waals surface area (Å²) in [5.41, 5.74) is 7.17. The number of hydrogen-bond acceptors (Lipinski definition) is 3. The van der Waals surface area contributed by atoms with Crippen molar-refractivity contribution >= 4 is 5.91 Å².